The van der Waals surface area contributed by atoms with E-state index in [-0.39, 0.29) is 23.1 Å². The first-order valence-electron chi connectivity index (χ1n) is 12.7. The molecule has 0 radical (unpaired) electrons. The molecule has 4 aromatic rings. The fourth-order valence-corrected chi connectivity index (χ4v) is 3.40. The molecule has 0 aliphatic carbocycles. The molecule has 2 heterocycles. The van der Waals surface area contributed by atoms with Gasteiger partial charge in [0.2, 0.25) is 5.88 Å². The van der Waals surface area contributed by atoms with Crippen molar-refractivity contribution >= 4 is 11.9 Å². The number of aromatic amines is 1. The molecule has 10 nitrogen and oxygen atoms in total. The van der Waals surface area contributed by atoms with Gasteiger partial charge in [0.1, 0.15) is 17.0 Å². The number of rotatable bonds is 7. The second-order valence-corrected chi connectivity index (χ2v) is 9.29. The minimum atomic E-state index is -0.376. The Hall–Kier alpha value is -4.86. The van der Waals surface area contributed by atoms with Gasteiger partial charge in [0.25, 0.3) is 5.56 Å². The highest BCUT2D eigenvalue weighted by Gasteiger charge is 2.18. The third-order valence-electron chi connectivity index (χ3n) is 5.11. The summed E-state index contributed by atoms with van der Waals surface area (Å²) in [5, 5.41) is 0. The Balaban J connectivity index is 0.000000225. The van der Waals surface area contributed by atoms with Gasteiger partial charge in [-0.3, -0.25) is 4.79 Å². The van der Waals surface area contributed by atoms with E-state index in [9.17, 15) is 14.4 Å². The molecule has 40 heavy (non-hydrogen) atoms. The van der Waals surface area contributed by atoms with Gasteiger partial charge in [-0.2, -0.15) is 0 Å². The number of hydrogen-bond donors (Lipinski definition) is 1. The molecule has 0 saturated heterocycles. The van der Waals surface area contributed by atoms with Crippen LogP contribution in [0.4, 0.5) is 0 Å². The van der Waals surface area contributed by atoms with E-state index < -0.39 is 0 Å². The van der Waals surface area contributed by atoms with Crippen LogP contribution >= 0.6 is 0 Å². The summed E-state index contributed by atoms with van der Waals surface area (Å²) in [5.74, 6) is -0.239. The lowest BCUT2D eigenvalue weighted by Gasteiger charge is -2.21. The standard InChI is InChI=1S/C17H20N2O3.C13H12N2O3/c1-5-21-16(20)13-8-6-12(7-9-13)14-15(19-11-10-18-14)22-17(2,3)4;1-2-18-13(17)10-5-3-9(4-6-10)11-12(16)15-8-7-14-11/h6-11H,5H2,1-4H3;3-8H,2H2,1H3,(H,15,16). The molecule has 0 saturated carbocycles. The molecule has 208 valence electrons. The van der Waals surface area contributed by atoms with Crippen molar-refractivity contribution in [1.82, 2.24) is 19.9 Å². The smallest absolute Gasteiger partial charge is 0.338 e. The molecule has 1 N–H and O–H groups in total. The first-order valence-corrected chi connectivity index (χ1v) is 12.7. The topological polar surface area (TPSA) is 133 Å². The van der Waals surface area contributed by atoms with E-state index in [1.165, 1.54) is 12.4 Å². The zero-order chi connectivity index (χ0) is 29.1. The number of aromatic nitrogens is 4. The maximum atomic E-state index is 11.7. The van der Waals surface area contributed by atoms with Crippen molar-refractivity contribution in [3.05, 3.63) is 94.8 Å². The first kappa shape index (κ1) is 29.7. The van der Waals surface area contributed by atoms with Gasteiger partial charge in [-0.15, -0.1) is 0 Å². The third kappa shape index (κ3) is 8.32. The number of ether oxygens (including phenoxy) is 3. The summed E-state index contributed by atoms with van der Waals surface area (Å²) in [6.07, 6.45) is 6.19. The zero-order valence-corrected chi connectivity index (χ0v) is 23.1. The van der Waals surface area contributed by atoms with Crippen LogP contribution in [0.25, 0.3) is 22.5 Å². The van der Waals surface area contributed by atoms with Crippen LogP contribution in [0, 0.1) is 0 Å². The number of H-pyrrole nitrogens is 1. The van der Waals surface area contributed by atoms with Crippen LogP contribution in [0.15, 0.2) is 78.1 Å². The molecular weight excluding hydrogens is 512 g/mol. The Morgan fingerprint density at radius 3 is 1.68 bits per heavy atom. The number of carbonyl (C=O) groups excluding carboxylic acids is 2. The molecule has 0 spiro atoms. The molecule has 0 unspecified atom stereocenters. The number of carbonyl (C=O) groups is 2. The van der Waals surface area contributed by atoms with Crippen LogP contribution in [0.2, 0.25) is 0 Å². The van der Waals surface area contributed by atoms with Crippen molar-refractivity contribution in [1.29, 1.82) is 0 Å². The predicted molar refractivity (Wildman–Crippen MR) is 150 cm³/mol. The summed E-state index contributed by atoms with van der Waals surface area (Å²) in [4.78, 5) is 49.8. The van der Waals surface area contributed by atoms with Crippen molar-refractivity contribution < 1.29 is 23.8 Å². The highest BCUT2D eigenvalue weighted by atomic mass is 16.5. The van der Waals surface area contributed by atoms with Crippen LogP contribution in [-0.4, -0.2) is 50.7 Å². The summed E-state index contributed by atoms with van der Waals surface area (Å²) < 4.78 is 15.7. The highest BCUT2D eigenvalue weighted by Crippen LogP contribution is 2.28. The minimum absolute atomic E-state index is 0.263. The SMILES string of the molecule is CCOC(=O)c1ccc(-c2ncc[nH]c2=O)cc1.CCOC(=O)c1ccc(-c2nccnc2OC(C)(C)C)cc1. The number of nitrogens with zero attached hydrogens (tertiary/aromatic N) is 3. The van der Waals surface area contributed by atoms with E-state index in [1.54, 1.807) is 62.6 Å². The Labute approximate surface area is 232 Å². The normalized spacial score (nSPS) is 10.6. The van der Waals surface area contributed by atoms with Crippen LogP contribution in [-0.2, 0) is 9.47 Å². The number of esters is 2. The molecule has 0 aliphatic heterocycles. The maximum absolute atomic E-state index is 11.7. The molecule has 10 heteroatoms. The Morgan fingerprint density at radius 2 is 1.20 bits per heavy atom. The minimum Gasteiger partial charge on any atom is -0.470 e. The summed E-state index contributed by atoms with van der Waals surface area (Å²) >= 11 is 0. The molecular formula is C30H32N4O6. The van der Waals surface area contributed by atoms with Gasteiger partial charge in [0.05, 0.1) is 24.3 Å². The molecule has 0 atom stereocenters. The summed E-state index contributed by atoms with van der Waals surface area (Å²) in [7, 11) is 0. The summed E-state index contributed by atoms with van der Waals surface area (Å²) in [6, 6.07) is 13.6. The van der Waals surface area contributed by atoms with Gasteiger partial charge >= 0.3 is 11.9 Å². The van der Waals surface area contributed by atoms with E-state index in [0.29, 0.717) is 47.2 Å². The number of nitrogens with one attached hydrogen (secondary N) is 1. The lowest BCUT2D eigenvalue weighted by Crippen LogP contribution is -2.24. The lowest BCUT2D eigenvalue weighted by molar-refractivity contribution is 0.0517. The fraction of sp³-hybridized carbons (Fsp3) is 0.267. The fourth-order valence-electron chi connectivity index (χ4n) is 3.40. The van der Waals surface area contributed by atoms with E-state index in [0.717, 1.165) is 5.56 Å². The van der Waals surface area contributed by atoms with Gasteiger partial charge in [-0.05, 0) is 58.9 Å². The molecule has 2 aromatic heterocycles. The van der Waals surface area contributed by atoms with Crippen LogP contribution in [0.5, 0.6) is 5.88 Å². The van der Waals surface area contributed by atoms with E-state index in [4.69, 9.17) is 14.2 Å². The van der Waals surface area contributed by atoms with Gasteiger partial charge in [-0.1, -0.05) is 24.3 Å². The van der Waals surface area contributed by atoms with Crippen LogP contribution in [0.1, 0.15) is 55.3 Å². The maximum Gasteiger partial charge on any atom is 0.338 e. The third-order valence-corrected chi connectivity index (χ3v) is 5.11. The van der Waals surface area contributed by atoms with Crippen molar-refractivity contribution in [2.24, 2.45) is 0 Å². The molecule has 2 aromatic carbocycles. The second-order valence-electron chi connectivity index (χ2n) is 9.29. The Kier molecular flexibility index (Phi) is 10.2. The molecule has 0 aliphatic rings. The molecule has 4 rings (SSSR count). The van der Waals surface area contributed by atoms with E-state index >= 15 is 0 Å². The summed E-state index contributed by atoms with van der Waals surface area (Å²) in [5.41, 5.74) is 2.79. The van der Waals surface area contributed by atoms with Gasteiger partial charge in [0, 0.05) is 35.9 Å². The van der Waals surface area contributed by atoms with E-state index in [2.05, 4.69) is 19.9 Å². The molecule has 0 amide bonds. The lowest BCUT2D eigenvalue weighted by atomic mass is 10.1. The van der Waals surface area contributed by atoms with Crippen molar-refractivity contribution in [2.45, 2.75) is 40.2 Å². The number of benzene rings is 2. The second kappa shape index (κ2) is 13.8. The zero-order valence-electron chi connectivity index (χ0n) is 23.1. The van der Waals surface area contributed by atoms with Gasteiger partial charge in [-0.25, -0.2) is 24.5 Å². The number of hydrogen-bond acceptors (Lipinski definition) is 9. The molecule has 0 bridgehead atoms. The van der Waals surface area contributed by atoms with Gasteiger partial charge < -0.3 is 19.2 Å². The Bertz CT molecular complexity index is 1480. The van der Waals surface area contributed by atoms with Crippen LogP contribution < -0.4 is 10.3 Å². The predicted octanol–water partition coefficient (Wildman–Crippen LogP) is 5.11. The quantitative estimate of drug-likeness (QED) is 0.315. The average Bonchev–Trinajstić information content (AvgIpc) is 2.94. The monoisotopic (exact) mass is 544 g/mol. The largest absolute Gasteiger partial charge is 0.470 e. The van der Waals surface area contributed by atoms with Crippen molar-refractivity contribution in [2.75, 3.05) is 13.2 Å². The first-order chi connectivity index (χ1) is 19.1. The van der Waals surface area contributed by atoms with E-state index in [1.807, 2.05) is 32.9 Å². The van der Waals surface area contributed by atoms with Crippen molar-refractivity contribution in [3.63, 3.8) is 0 Å². The van der Waals surface area contributed by atoms with Crippen molar-refractivity contribution in [3.8, 4) is 28.4 Å². The molecule has 0 fully saturated rings. The Morgan fingerprint density at radius 1 is 0.725 bits per heavy atom. The highest BCUT2D eigenvalue weighted by molar-refractivity contribution is 5.90. The van der Waals surface area contributed by atoms with Crippen LogP contribution in [0.3, 0.4) is 0 Å². The average molecular weight is 545 g/mol. The summed E-state index contributed by atoms with van der Waals surface area (Å²) in [6.45, 7) is 10.1. The van der Waals surface area contributed by atoms with Gasteiger partial charge in [0.15, 0.2) is 0 Å².